The molecule has 0 spiro atoms. The van der Waals surface area contributed by atoms with E-state index in [0.29, 0.717) is 11.4 Å². The fourth-order valence-electron chi connectivity index (χ4n) is 2.90. The maximum atomic E-state index is 12.5. The molecule has 0 heterocycles. The summed E-state index contributed by atoms with van der Waals surface area (Å²) in [4.78, 5) is 12.5. The third-order valence-electron chi connectivity index (χ3n) is 4.63. The lowest BCUT2D eigenvalue weighted by atomic mass is 10.0. The van der Waals surface area contributed by atoms with Crippen molar-refractivity contribution >= 4 is 21.6 Å². The van der Waals surface area contributed by atoms with E-state index in [2.05, 4.69) is 11.4 Å². The van der Waals surface area contributed by atoms with Gasteiger partial charge in [-0.05, 0) is 63.1 Å². The number of nitrogens with one attached hydrogen (secondary N) is 1. The Hall–Kier alpha value is -2.54. The van der Waals surface area contributed by atoms with Crippen LogP contribution in [0.25, 0.3) is 0 Å². The average molecular weight is 405 g/mol. The number of nitrogens with zero attached hydrogens (tertiary/aromatic N) is 1. The molecule has 0 bridgehead atoms. The lowest BCUT2D eigenvalue weighted by Gasteiger charge is -2.21. The second-order valence-corrected chi connectivity index (χ2v) is 9.09. The van der Waals surface area contributed by atoms with E-state index in [-0.39, 0.29) is 11.9 Å². The van der Waals surface area contributed by atoms with Crippen LogP contribution in [-0.4, -0.2) is 33.7 Å². The van der Waals surface area contributed by atoms with E-state index >= 15 is 0 Å². The van der Waals surface area contributed by atoms with Crippen molar-refractivity contribution in [3.8, 4) is 5.75 Å². The molecule has 28 heavy (non-hydrogen) atoms. The standard InChI is InChI=1S/C21H28N2O4S/c1-14-7-12-20(15(2)13-14)16(3)22-21(24)17(4)27-19-10-8-18(9-11-19)23(5)28(6,25)26/h7-13,16-17H,1-6H3,(H,22,24)/t16-,17+/m1/s1. The van der Waals surface area contributed by atoms with Crippen LogP contribution < -0.4 is 14.4 Å². The molecule has 0 aromatic heterocycles. The van der Waals surface area contributed by atoms with Crippen LogP contribution in [0.5, 0.6) is 5.75 Å². The molecule has 2 rings (SSSR count). The Morgan fingerprint density at radius 1 is 1.07 bits per heavy atom. The monoisotopic (exact) mass is 404 g/mol. The highest BCUT2D eigenvalue weighted by Crippen LogP contribution is 2.22. The van der Waals surface area contributed by atoms with Crippen molar-refractivity contribution in [2.24, 2.45) is 0 Å². The molecule has 0 fully saturated rings. The molecule has 2 atom stereocenters. The zero-order valence-corrected chi connectivity index (χ0v) is 18.0. The summed E-state index contributed by atoms with van der Waals surface area (Å²) in [6.45, 7) is 7.69. The molecule has 2 aromatic rings. The Kier molecular flexibility index (Phi) is 6.72. The van der Waals surface area contributed by atoms with Crippen LogP contribution in [0.15, 0.2) is 42.5 Å². The average Bonchev–Trinajstić information content (AvgIpc) is 2.60. The third-order valence-corrected chi connectivity index (χ3v) is 5.84. The number of anilines is 1. The SMILES string of the molecule is Cc1ccc([C@@H](C)NC(=O)[C@H](C)Oc2ccc(N(C)S(C)(=O)=O)cc2)c(C)c1. The van der Waals surface area contributed by atoms with E-state index in [1.54, 1.807) is 31.2 Å². The quantitative estimate of drug-likeness (QED) is 0.768. The smallest absolute Gasteiger partial charge is 0.261 e. The predicted molar refractivity (Wildman–Crippen MR) is 112 cm³/mol. The number of hydrogen-bond acceptors (Lipinski definition) is 4. The van der Waals surface area contributed by atoms with E-state index in [0.717, 1.165) is 17.4 Å². The molecule has 0 saturated carbocycles. The minimum absolute atomic E-state index is 0.134. The molecule has 1 N–H and O–H groups in total. The van der Waals surface area contributed by atoms with Crippen LogP contribution in [0.4, 0.5) is 5.69 Å². The third kappa shape index (κ3) is 5.48. The van der Waals surface area contributed by atoms with Gasteiger partial charge in [0.2, 0.25) is 10.0 Å². The summed E-state index contributed by atoms with van der Waals surface area (Å²) in [5, 5.41) is 2.97. The molecule has 0 aliphatic rings. The normalized spacial score (nSPS) is 13.5. The van der Waals surface area contributed by atoms with Crippen LogP contribution in [-0.2, 0) is 14.8 Å². The Morgan fingerprint density at radius 2 is 1.68 bits per heavy atom. The molecule has 0 aliphatic heterocycles. The number of amides is 1. The largest absolute Gasteiger partial charge is 0.481 e. The molecule has 0 unspecified atom stereocenters. The number of sulfonamides is 1. The number of ether oxygens (including phenoxy) is 1. The van der Waals surface area contributed by atoms with E-state index in [9.17, 15) is 13.2 Å². The summed E-state index contributed by atoms with van der Waals surface area (Å²) in [6.07, 6.45) is 0.451. The molecular formula is C21H28N2O4S. The minimum Gasteiger partial charge on any atom is -0.481 e. The van der Waals surface area contributed by atoms with Gasteiger partial charge in [-0.15, -0.1) is 0 Å². The van der Waals surface area contributed by atoms with Gasteiger partial charge in [0.25, 0.3) is 5.91 Å². The minimum atomic E-state index is -3.32. The Balaban J connectivity index is 2.00. The highest BCUT2D eigenvalue weighted by Gasteiger charge is 2.19. The number of hydrogen-bond donors (Lipinski definition) is 1. The van der Waals surface area contributed by atoms with Crippen LogP contribution in [0, 0.1) is 13.8 Å². The number of carbonyl (C=O) groups is 1. The number of carbonyl (C=O) groups excluding carboxylic acids is 1. The summed E-state index contributed by atoms with van der Waals surface area (Å²) < 4.78 is 30.1. The van der Waals surface area contributed by atoms with Gasteiger partial charge in [-0.1, -0.05) is 23.8 Å². The molecule has 7 heteroatoms. The summed E-state index contributed by atoms with van der Waals surface area (Å²) in [5.41, 5.74) is 3.91. The summed E-state index contributed by atoms with van der Waals surface area (Å²) in [5.74, 6) is 0.275. The highest BCUT2D eigenvalue weighted by atomic mass is 32.2. The Bertz CT molecular complexity index is 939. The molecule has 2 aromatic carbocycles. The van der Waals surface area contributed by atoms with E-state index in [1.165, 1.54) is 16.9 Å². The zero-order valence-electron chi connectivity index (χ0n) is 17.2. The van der Waals surface area contributed by atoms with E-state index < -0.39 is 16.1 Å². The first-order valence-corrected chi connectivity index (χ1v) is 10.9. The van der Waals surface area contributed by atoms with Crippen molar-refractivity contribution in [2.45, 2.75) is 39.8 Å². The van der Waals surface area contributed by atoms with E-state index in [4.69, 9.17) is 4.74 Å². The molecule has 152 valence electrons. The van der Waals surface area contributed by atoms with Crippen molar-refractivity contribution in [2.75, 3.05) is 17.6 Å². The second-order valence-electron chi connectivity index (χ2n) is 7.07. The van der Waals surface area contributed by atoms with Crippen LogP contribution >= 0.6 is 0 Å². The van der Waals surface area contributed by atoms with Gasteiger partial charge in [-0.2, -0.15) is 0 Å². The molecule has 0 aliphatic carbocycles. The fraction of sp³-hybridized carbons (Fsp3) is 0.381. The fourth-order valence-corrected chi connectivity index (χ4v) is 3.41. The summed E-state index contributed by atoms with van der Waals surface area (Å²) in [6, 6.07) is 12.6. The Morgan fingerprint density at radius 3 is 2.21 bits per heavy atom. The van der Waals surface area contributed by atoms with Crippen molar-refractivity contribution in [1.29, 1.82) is 0 Å². The van der Waals surface area contributed by atoms with Crippen molar-refractivity contribution in [3.63, 3.8) is 0 Å². The second kappa shape index (κ2) is 8.65. The Labute approximate surface area is 167 Å². The molecule has 1 amide bonds. The lowest BCUT2D eigenvalue weighted by Crippen LogP contribution is -2.38. The van der Waals surface area contributed by atoms with Crippen LogP contribution in [0.2, 0.25) is 0 Å². The van der Waals surface area contributed by atoms with Gasteiger partial charge in [-0.25, -0.2) is 8.42 Å². The molecular weight excluding hydrogens is 376 g/mol. The molecule has 6 nitrogen and oxygen atoms in total. The van der Waals surface area contributed by atoms with Crippen molar-refractivity contribution in [1.82, 2.24) is 5.32 Å². The van der Waals surface area contributed by atoms with Gasteiger partial charge in [0, 0.05) is 7.05 Å². The maximum Gasteiger partial charge on any atom is 0.261 e. The zero-order chi connectivity index (χ0) is 21.1. The first kappa shape index (κ1) is 21.8. The van der Waals surface area contributed by atoms with Gasteiger partial charge in [-0.3, -0.25) is 9.10 Å². The topological polar surface area (TPSA) is 75.7 Å². The van der Waals surface area contributed by atoms with Crippen molar-refractivity contribution < 1.29 is 17.9 Å². The predicted octanol–water partition coefficient (Wildman–Crippen LogP) is 3.34. The van der Waals surface area contributed by atoms with Crippen molar-refractivity contribution in [3.05, 3.63) is 59.2 Å². The van der Waals surface area contributed by atoms with Gasteiger partial charge in [0.15, 0.2) is 6.10 Å². The number of rotatable bonds is 7. The van der Waals surface area contributed by atoms with Gasteiger partial charge >= 0.3 is 0 Å². The van der Waals surface area contributed by atoms with Crippen LogP contribution in [0.1, 0.15) is 36.6 Å². The number of benzene rings is 2. The van der Waals surface area contributed by atoms with Crippen LogP contribution in [0.3, 0.4) is 0 Å². The highest BCUT2D eigenvalue weighted by molar-refractivity contribution is 7.92. The number of aryl methyl sites for hydroxylation is 2. The van der Waals surface area contributed by atoms with Gasteiger partial charge in [0.05, 0.1) is 18.0 Å². The summed E-state index contributed by atoms with van der Waals surface area (Å²) >= 11 is 0. The first-order chi connectivity index (χ1) is 13.0. The first-order valence-electron chi connectivity index (χ1n) is 9.07. The molecule has 0 radical (unpaired) electrons. The van der Waals surface area contributed by atoms with Gasteiger partial charge < -0.3 is 10.1 Å². The molecule has 0 saturated heterocycles. The summed E-state index contributed by atoms with van der Waals surface area (Å²) in [7, 11) is -1.84. The maximum absolute atomic E-state index is 12.5. The van der Waals surface area contributed by atoms with Gasteiger partial charge in [0.1, 0.15) is 5.75 Å². The lowest BCUT2D eigenvalue weighted by molar-refractivity contribution is -0.127. The van der Waals surface area contributed by atoms with E-state index in [1.807, 2.05) is 32.9 Å².